The van der Waals surface area contributed by atoms with Gasteiger partial charge in [0.2, 0.25) is 0 Å². The summed E-state index contributed by atoms with van der Waals surface area (Å²) in [6, 6.07) is 3.46. The molecule has 2 fully saturated rings. The van der Waals surface area contributed by atoms with Crippen LogP contribution in [0.15, 0.2) is 12.1 Å². The van der Waals surface area contributed by atoms with Crippen LogP contribution in [0.3, 0.4) is 0 Å². The first kappa shape index (κ1) is 17.3. The van der Waals surface area contributed by atoms with Crippen LogP contribution in [0.2, 0.25) is 0 Å². The standard InChI is InChI=1S/C19H27BFNO3/c1-17(2)18(3,4)25-20(24-17)13-10-15(21)14-12-19(23-16(14)11-13)6-8-22(5)9-7-19/h10-11H,6-9,12H2,1-5H3. The highest BCUT2D eigenvalue weighted by molar-refractivity contribution is 6.62. The van der Waals surface area contributed by atoms with E-state index in [1.54, 1.807) is 6.07 Å². The van der Waals surface area contributed by atoms with Crippen molar-refractivity contribution in [3.05, 3.63) is 23.5 Å². The highest BCUT2D eigenvalue weighted by Crippen LogP contribution is 2.42. The number of hydrogen-bond acceptors (Lipinski definition) is 4. The zero-order valence-corrected chi connectivity index (χ0v) is 15.8. The molecule has 0 saturated carbocycles. The number of halogens is 1. The Balaban J connectivity index is 1.61. The number of nitrogens with zero attached hydrogens (tertiary/aromatic N) is 1. The topological polar surface area (TPSA) is 30.9 Å². The Bertz CT molecular complexity index is 682. The van der Waals surface area contributed by atoms with Crippen molar-refractivity contribution in [2.45, 2.75) is 63.8 Å². The Morgan fingerprint density at radius 2 is 1.64 bits per heavy atom. The molecule has 0 atom stereocenters. The minimum Gasteiger partial charge on any atom is -0.486 e. The lowest BCUT2D eigenvalue weighted by molar-refractivity contribution is 0.00578. The van der Waals surface area contributed by atoms with Crippen molar-refractivity contribution in [1.29, 1.82) is 0 Å². The minimum atomic E-state index is -0.567. The van der Waals surface area contributed by atoms with Crippen LogP contribution in [-0.2, 0) is 15.7 Å². The van der Waals surface area contributed by atoms with Gasteiger partial charge in [-0.1, -0.05) is 0 Å². The molecule has 25 heavy (non-hydrogen) atoms. The van der Waals surface area contributed by atoms with E-state index in [1.807, 2.05) is 33.8 Å². The Morgan fingerprint density at radius 3 is 2.24 bits per heavy atom. The Kier molecular flexibility index (Phi) is 3.77. The van der Waals surface area contributed by atoms with Crippen molar-refractivity contribution in [3.8, 4) is 5.75 Å². The molecular formula is C19H27BFNO3. The zero-order chi connectivity index (χ0) is 18.0. The molecule has 2 saturated heterocycles. The van der Waals surface area contributed by atoms with Crippen molar-refractivity contribution in [2.24, 2.45) is 0 Å². The number of ether oxygens (including phenoxy) is 1. The molecule has 0 amide bonds. The maximum absolute atomic E-state index is 14.8. The van der Waals surface area contributed by atoms with Crippen LogP contribution in [0.4, 0.5) is 4.39 Å². The quantitative estimate of drug-likeness (QED) is 0.731. The number of likely N-dealkylation sites (tertiary alicyclic amines) is 1. The summed E-state index contributed by atoms with van der Waals surface area (Å²) < 4.78 is 33.2. The Labute approximate surface area is 149 Å². The van der Waals surface area contributed by atoms with E-state index in [4.69, 9.17) is 14.0 Å². The van der Waals surface area contributed by atoms with Crippen LogP contribution < -0.4 is 10.2 Å². The monoisotopic (exact) mass is 347 g/mol. The first-order valence-corrected chi connectivity index (χ1v) is 9.16. The summed E-state index contributed by atoms with van der Waals surface area (Å²) in [5.41, 5.74) is 0.265. The molecule has 0 aliphatic carbocycles. The summed E-state index contributed by atoms with van der Waals surface area (Å²) >= 11 is 0. The second-order valence-corrected chi connectivity index (χ2v) is 8.83. The zero-order valence-electron chi connectivity index (χ0n) is 15.8. The van der Waals surface area contributed by atoms with Gasteiger partial charge >= 0.3 is 7.12 Å². The third-order valence-electron chi connectivity index (χ3n) is 6.43. The average molecular weight is 347 g/mol. The molecule has 3 aliphatic rings. The van der Waals surface area contributed by atoms with E-state index < -0.39 is 18.3 Å². The van der Waals surface area contributed by atoms with Crippen LogP contribution in [0.1, 0.15) is 46.1 Å². The van der Waals surface area contributed by atoms with Gasteiger partial charge in [-0.3, -0.25) is 0 Å². The van der Waals surface area contributed by atoms with Gasteiger partial charge in [-0.25, -0.2) is 4.39 Å². The van der Waals surface area contributed by atoms with Crippen LogP contribution in [0.25, 0.3) is 0 Å². The van der Waals surface area contributed by atoms with E-state index in [2.05, 4.69) is 11.9 Å². The normalized spacial score (nSPS) is 26.7. The molecule has 0 bridgehead atoms. The molecule has 136 valence electrons. The van der Waals surface area contributed by atoms with Gasteiger partial charge in [0.25, 0.3) is 0 Å². The molecular weight excluding hydrogens is 320 g/mol. The van der Waals surface area contributed by atoms with E-state index in [0.717, 1.165) is 25.9 Å². The summed E-state index contributed by atoms with van der Waals surface area (Å²) in [4.78, 5) is 2.30. The van der Waals surface area contributed by atoms with E-state index >= 15 is 0 Å². The molecule has 0 N–H and O–H groups in total. The molecule has 0 radical (unpaired) electrons. The van der Waals surface area contributed by atoms with Crippen molar-refractivity contribution < 1.29 is 18.4 Å². The van der Waals surface area contributed by atoms with Gasteiger partial charge in [-0.15, -0.1) is 0 Å². The summed E-state index contributed by atoms with van der Waals surface area (Å²) in [7, 11) is 1.55. The SMILES string of the molecule is CN1CCC2(CC1)Cc1c(F)cc(B3OC(C)(C)C(C)(C)O3)cc1O2. The van der Waals surface area contributed by atoms with Gasteiger partial charge in [0.15, 0.2) is 0 Å². The largest absolute Gasteiger partial charge is 0.495 e. The van der Waals surface area contributed by atoms with Gasteiger partial charge in [-0.05, 0) is 52.3 Å². The van der Waals surface area contributed by atoms with Crippen molar-refractivity contribution >= 4 is 12.6 Å². The van der Waals surface area contributed by atoms with Crippen molar-refractivity contribution in [1.82, 2.24) is 4.90 Å². The number of piperidine rings is 1. The maximum Gasteiger partial charge on any atom is 0.495 e. The summed E-state index contributed by atoms with van der Waals surface area (Å²) in [6.07, 6.45) is 2.53. The molecule has 1 aromatic carbocycles. The Hall–Kier alpha value is -1.11. The first-order valence-electron chi connectivity index (χ1n) is 9.16. The molecule has 0 unspecified atom stereocenters. The van der Waals surface area contributed by atoms with E-state index in [-0.39, 0.29) is 11.4 Å². The van der Waals surface area contributed by atoms with Crippen molar-refractivity contribution in [2.75, 3.05) is 20.1 Å². The van der Waals surface area contributed by atoms with Crippen LogP contribution in [0, 0.1) is 5.82 Å². The molecule has 3 heterocycles. The van der Waals surface area contributed by atoms with E-state index in [9.17, 15) is 4.39 Å². The lowest BCUT2D eigenvalue weighted by atomic mass is 9.78. The average Bonchev–Trinajstić information content (AvgIpc) is 2.98. The lowest BCUT2D eigenvalue weighted by Crippen LogP contribution is -2.46. The molecule has 4 rings (SSSR count). The molecule has 6 heteroatoms. The van der Waals surface area contributed by atoms with Crippen LogP contribution in [-0.4, -0.2) is 49.0 Å². The molecule has 3 aliphatic heterocycles. The molecule has 0 aromatic heterocycles. The number of rotatable bonds is 1. The highest BCUT2D eigenvalue weighted by Gasteiger charge is 2.52. The van der Waals surface area contributed by atoms with Crippen LogP contribution >= 0.6 is 0 Å². The maximum atomic E-state index is 14.8. The molecule has 1 aromatic rings. The third kappa shape index (κ3) is 2.79. The van der Waals surface area contributed by atoms with Gasteiger partial charge < -0.3 is 18.9 Å². The van der Waals surface area contributed by atoms with Gasteiger partial charge in [0.1, 0.15) is 17.2 Å². The fourth-order valence-corrected chi connectivity index (χ4v) is 3.91. The smallest absolute Gasteiger partial charge is 0.486 e. The summed E-state index contributed by atoms with van der Waals surface area (Å²) in [5.74, 6) is 0.451. The van der Waals surface area contributed by atoms with E-state index in [1.165, 1.54) is 0 Å². The number of fused-ring (bicyclic) bond motifs is 1. The van der Waals surface area contributed by atoms with Gasteiger partial charge in [0.05, 0.1) is 11.2 Å². The first-order chi connectivity index (χ1) is 11.6. The van der Waals surface area contributed by atoms with E-state index in [0.29, 0.717) is 23.2 Å². The summed E-state index contributed by atoms with van der Waals surface area (Å²) in [5, 5.41) is 0. The Morgan fingerprint density at radius 1 is 1.04 bits per heavy atom. The highest BCUT2D eigenvalue weighted by atomic mass is 19.1. The fraction of sp³-hybridized carbons (Fsp3) is 0.684. The third-order valence-corrected chi connectivity index (χ3v) is 6.43. The summed E-state index contributed by atoms with van der Waals surface area (Å²) in [6.45, 7) is 9.97. The minimum absolute atomic E-state index is 0.210. The predicted octanol–water partition coefficient (Wildman–Crippen LogP) is 2.52. The lowest BCUT2D eigenvalue weighted by Gasteiger charge is -2.37. The van der Waals surface area contributed by atoms with Crippen molar-refractivity contribution in [3.63, 3.8) is 0 Å². The predicted molar refractivity (Wildman–Crippen MR) is 95.9 cm³/mol. The van der Waals surface area contributed by atoms with Crippen LogP contribution in [0.5, 0.6) is 5.75 Å². The van der Waals surface area contributed by atoms with Gasteiger partial charge in [0, 0.05) is 37.9 Å². The second kappa shape index (κ2) is 5.45. The second-order valence-electron chi connectivity index (χ2n) is 8.83. The fourth-order valence-electron chi connectivity index (χ4n) is 3.91. The van der Waals surface area contributed by atoms with Gasteiger partial charge in [-0.2, -0.15) is 0 Å². The number of hydrogen-bond donors (Lipinski definition) is 0. The molecule has 4 nitrogen and oxygen atoms in total. The molecule has 1 spiro atoms. The number of benzene rings is 1.